The Kier molecular flexibility index (Phi) is 1.77. The standard InChI is InChI=1S/C6H11N2O4P/c9-13-10-7(8(11-13)12-13)5-6-3-1-2-4-6/h6H,1-5H2. The van der Waals surface area contributed by atoms with Crippen molar-refractivity contribution in [2.45, 2.75) is 25.7 Å². The molecule has 0 amide bonds. The third-order valence-electron chi connectivity index (χ3n) is 2.61. The number of nitrogens with zero attached hydrogens (tertiary/aromatic N) is 2. The maximum Gasteiger partial charge on any atom is 0.532 e. The lowest BCUT2D eigenvalue weighted by Gasteiger charge is -2.22. The molecule has 0 aromatic rings. The number of phosphoric acid groups is 1. The molecule has 0 radical (unpaired) electrons. The van der Waals surface area contributed by atoms with E-state index in [-0.39, 0.29) is 0 Å². The summed E-state index contributed by atoms with van der Waals surface area (Å²) in [6.45, 7) is 0.712. The fourth-order valence-corrected chi connectivity index (χ4v) is 2.88. The first kappa shape index (κ1) is 8.35. The van der Waals surface area contributed by atoms with Crippen molar-refractivity contribution in [1.82, 2.24) is 10.5 Å². The molecule has 0 spiro atoms. The lowest BCUT2D eigenvalue weighted by Crippen LogP contribution is -2.37. The van der Waals surface area contributed by atoms with Crippen LogP contribution >= 0.6 is 7.82 Å². The first-order valence-corrected chi connectivity index (χ1v) is 5.98. The molecule has 4 aliphatic rings. The van der Waals surface area contributed by atoms with E-state index < -0.39 is 7.82 Å². The average molecular weight is 206 g/mol. The van der Waals surface area contributed by atoms with Crippen LogP contribution in [-0.4, -0.2) is 17.1 Å². The molecule has 7 heteroatoms. The van der Waals surface area contributed by atoms with E-state index in [1.165, 1.54) is 30.9 Å². The van der Waals surface area contributed by atoms with Crippen LogP contribution in [0.4, 0.5) is 0 Å². The monoisotopic (exact) mass is 206 g/mol. The SMILES string of the molecule is O=P12ON(CC3CCCC3)N(O1)O2. The highest BCUT2D eigenvalue weighted by Gasteiger charge is 2.59. The van der Waals surface area contributed by atoms with Gasteiger partial charge in [-0.3, -0.25) is 0 Å². The van der Waals surface area contributed by atoms with E-state index in [1.54, 1.807) is 0 Å². The molecule has 4 fully saturated rings. The van der Waals surface area contributed by atoms with Crippen LogP contribution in [0.15, 0.2) is 0 Å². The van der Waals surface area contributed by atoms with Crippen molar-refractivity contribution in [3.05, 3.63) is 0 Å². The molecule has 1 saturated carbocycles. The predicted octanol–water partition coefficient (Wildman–Crippen LogP) is 1.63. The molecule has 0 aromatic heterocycles. The van der Waals surface area contributed by atoms with Gasteiger partial charge in [-0.1, -0.05) is 18.0 Å². The van der Waals surface area contributed by atoms with Gasteiger partial charge in [0, 0.05) is 6.54 Å². The molecule has 13 heavy (non-hydrogen) atoms. The molecule has 0 aromatic carbocycles. The first-order valence-electron chi connectivity index (χ1n) is 4.52. The number of rotatable bonds is 2. The van der Waals surface area contributed by atoms with Gasteiger partial charge in [0.25, 0.3) is 0 Å². The number of hydrogen-bond acceptors (Lipinski definition) is 6. The molecular formula is C6H11N2O4P. The summed E-state index contributed by atoms with van der Waals surface area (Å²) in [4.78, 5) is 0. The van der Waals surface area contributed by atoms with Crippen LogP contribution in [-0.2, 0) is 18.4 Å². The molecule has 4 rings (SSSR count). The Morgan fingerprint density at radius 1 is 1.23 bits per heavy atom. The zero-order chi connectivity index (χ0) is 8.89. The highest BCUT2D eigenvalue weighted by atomic mass is 31.2. The highest BCUT2D eigenvalue weighted by Crippen LogP contribution is 2.66. The van der Waals surface area contributed by atoms with Gasteiger partial charge < -0.3 is 0 Å². The third kappa shape index (κ3) is 1.34. The molecule has 3 aliphatic heterocycles. The van der Waals surface area contributed by atoms with Gasteiger partial charge in [-0.25, -0.2) is 4.57 Å². The third-order valence-corrected chi connectivity index (χ3v) is 3.67. The van der Waals surface area contributed by atoms with Crippen LogP contribution in [0.5, 0.6) is 0 Å². The van der Waals surface area contributed by atoms with E-state index in [0.29, 0.717) is 12.5 Å². The normalized spacial score (nSPS) is 45.4. The summed E-state index contributed by atoms with van der Waals surface area (Å²) in [5.74, 6) is 0.611. The molecule has 3 saturated heterocycles. The zero-order valence-electron chi connectivity index (χ0n) is 7.09. The Labute approximate surface area is 75.8 Å². The van der Waals surface area contributed by atoms with Gasteiger partial charge in [0.2, 0.25) is 0 Å². The minimum absolute atomic E-state index is 0.611. The van der Waals surface area contributed by atoms with E-state index >= 15 is 0 Å². The van der Waals surface area contributed by atoms with Crippen LogP contribution in [0.1, 0.15) is 25.7 Å². The molecule has 0 atom stereocenters. The van der Waals surface area contributed by atoms with Crippen LogP contribution in [0.3, 0.4) is 0 Å². The fraction of sp³-hybridized carbons (Fsp3) is 1.00. The lowest BCUT2D eigenvalue weighted by molar-refractivity contribution is -0.427. The minimum Gasteiger partial charge on any atom is -0.223 e. The molecule has 0 N–H and O–H groups in total. The number of hydroxylamine groups is 1. The van der Waals surface area contributed by atoms with Gasteiger partial charge in [0.15, 0.2) is 0 Å². The number of fused-ring (bicyclic) bond motifs is 1. The second-order valence-corrected chi connectivity index (χ2v) is 5.00. The summed E-state index contributed by atoms with van der Waals surface area (Å²) in [7, 11) is -3.16. The van der Waals surface area contributed by atoms with Crippen LogP contribution in [0.2, 0.25) is 0 Å². The average Bonchev–Trinajstić information content (AvgIpc) is 2.64. The van der Waals surface area contributed by atoms with Gasteiger partial charge in [0.1, 0.15) is 0 Å². The Morgan fingerprint density at radius 2 is 1.92 bits per heavy atom. The van der Waals surface area contributed by atoms with E-state index in [2.05, 4.69) is 0 Å². The van der Waals surface area contributed by atoms with E-state index in [9.17, 15) is 4.57 Å². The topological polar surface area (TPSA) is 51.2 Å². The molecule has 74 valence electrons. The number of hydrogen-bond donors (Lipinski definition) is 0. The lowest BCUT2D eigenvalue weighted by atomic mass is 10.1. The summed E-state index contributed by atoms with van der Waals surface area (Å²) in [5, 5.41) is 2.48. The summed E-state index contributed by atoms with van der Waals surface area (Å²) >= 11 is 0. The highest BCUT2D eigenvalue weighted by molar-refractivity contribution is 7.49. The van der Waals surface area contributed by atoms with Gasteiger partial charge in [-0.15, -0.1) is 9.25 Å². The van der Waals surface area contributed by atoms with Gasteiger partial charge in [0.05, 0.1) is 5.34 Å². The molecule has 2 bridgehead atoms. The molecule has 0 unspecified atom stereocenters. The smallest absolute Gasteiger partial charge is 0.223 e. The molecule has 1 aliphatic carbocycles. The van der Waals surface area contributed by atoms with Crippen LogP contribution in [0.25, 0.3) is 0 Å². The Balaban J connectivity index is 1.59. The predicted molar refractivity (Wildman–Crippen MR) is 41.4 cm³/mol. The Hall–Kier alpha value is 0.0300. The van der Waals surface area contributed by atoms with Crippen molar-refractivity contribution < 1.29 is 18.4 Å². The summed E-state index contributed by atoms with van der Waals surface area (Å²) in [5.41, 5.74) is 0. The first-order chi connectivity index (χ1) is 6.25. The molecular weight excluding hydrogens is 195 g/mol. The van der Waals surface area contributed by atoms with Gasteiger partial charge in [-0.2, -0.15) is 4.62 Å². The second kappa shape index (κ2) is 2.76. The van der Waals surface area contributed by atoms with Gasteiger partial charge in [-0.05, 0) is 18.8 Å². The second-order valence-electron chi connectivity index (χ2n) is 3.62. The van der Waals surface area contributed by atoms with Crippen molar-refractivity contribution in [3.63, 3.8) is 0 Å². The van der Waals surface area contributed by atoms with Crippen molar-refractivity contribution >= 4 is 7.82 Å². The Bertz CT molecular complexity index is 257. The van der Waals surface area contributed by atoms with Crippen molar-refractivity contribution in [2.75, 3.05) is 6.54 Å². The Morgan fingerprint density at radius 3 is 2.46 bits per heavy atom. The van der Waals surface area contributed by atoms with E-state index in [0.717, 1.165) is 5.34 Å². The largest absolute Gasteiger partial charge is 0.532 e. The van der Waals surface area contributed by atoms with Crippen molar-refractivity contribution in [1.29, 1.82) is 0 Å². The summed E-state index contributed by atoms with van der Waals surface area (Å²) in [6, 6.07) is 0. The quantitative estimate of drug-likeness (QED) is 0.640. The van der Waals surface area contributed by atoms with E-state index in [4.69, 9.17) is 13.9 Å². The van der Waals surface area contributed by atoms with Crippen LogP contribution in [0, 0.1) is 5.92 Å². The maximum absolute atomic E-state index is 11.1. The fourth-order valence-electron chi connectivity index (χ4n) is 1.95. The summed E-state index contributed by atoms with van der Waals surface area (Å²) in [6.07, 6.45) is 4.96. The minimum atomic E-state index is -3.16. The van der Waals surface area contributed by atoms with Crippen molar-refractivity contribution in [3.8, 4) is 0 Å². The molecule has 6 nitrogen and oxygen atoms in total. The number of hydrazine groups is 1. The zero-order valence-corrected chi connectivity index (χ0v) is 7.98. The summed E-state index contributed by atoms with van der Waals surface area (Å²) < 4.78 is 25.5. The van der Waals surface area contributed by atoms with E-state index in [1.807, 2.05) is 0 Å². The molecule has 3 heterocycles. The maximum atomic E-state index is 11.1. The van der Waals surface area contributed by atoms with Crippen molar-refractivity contribution in [2.24, 2.45) is 5.92 Å². The van der Waals surface area contributed by atoms with Crippen LogP contribution < -0.4 is 0 Å². The van der Waals surface area contributed by atoms with Gasteiger partial charge >= 0.3 is 7.82 Å².